The summed E-state index contributed by atoms with van der Waals surface area (Å²) in [5, 5.41) is 11.8. The van der Waals surface area contributed by atoms with Crippen molar-refractivity contribution in [2.75, 3.05) is 6.54 Å². The van der Waals surface area contributed by atoms with E-state index < -0.39 is 11.9 Å². The van der Waals surface area contributed by atoms with Crippen LogP contribution in [0, 0.1) is 11.3 Å². The highest BCUT2D eigenvalue weighted by Gasteiger charge is 2.24. The standard InChI is InChI=1S/C15H20BrNO3S/c1-15(2,3)8-10(14(19)20)9-17-13(18)7-5-11-4-6-12(16)21-11/h4-7,10H,8-9H2,1-3H3,(H,17,18)(H,19,20)/b7-5+. The molecule has 6 heteroatoms. The predicted molar refractivity (Wildman–Crippen MR) is 89.3 cm³/mol. The predicted octanol–water partition coefficient (Wildman–Crippen LogP) is 3.78. The number of carbonyl (C=O) groups is 2. The number of nitrogens with one attached hydrogen (secondary N) is 1. The van der Waals surface area contributed by atoms with Crippen LogP contribution < -0.4 is 5.32 Å². The number of aliphatic carboxylic acids is 1. The molecule has 0 bridgehead atoms. The van der Waals surface area contributed by atoms with Crippen LogP contribution in [0.2, 0.25) is 0 Å². The molecule has 116 valence electrons. The lowest BCUT2D eigenvalue weighted by atomic mass is 9.84. The van der Waals surface area contributed by atoms with E-state index in [1.54, 1.807) is 6.08 Å². The van der Waals surface area contributed by atoms with Crippen molar-refractivity contribution in [2.24, 2.45) is 11.3 Å². The average molecular weight is 374 g/mol. The van der Waals surface area contributed by atoms with Crippen molar-refractivity contribution in [2.45, 2.75) is 27.2 Å². The minimum absolute atomic E-state index is 0.0904. The van der Waals surface area contributed by atoms with Crippen molar-refractivity contribution in [1.82, 2.24) is 5.32 Å². The molecule has 0 radical (unpaired) electrons. The molecular formula is C15H20BrNO3S. The molecule has 1 amide bonds. The molecule has 0 saturated heterocycles. The highest BCUT2D eigenvalue weighted by atomic mass is 79.9. The molecule has 0 aliphatic rings. The van der Waals surface area contributed by atoms with Gasteiger partial charge in [0.25, 0.3) is 0 Å². The summed E-state index contributed by atoms with van der Waals surface area (Å²) in [6, 6.07) is 3.81. The number of hydrogen-bond donors (Lipinski definition) is 2. The summed E-state index contributed by atoms with van der Waals surface area (Å²) < 4.78 is 0.999. The first-order valence-electron chi connectivity index (χ1n) is 6.61. The summed E-state index contributed by atoms with van der Waals surface area (Å²) in [5.74, 6) is -1.73. The molecule has 21 heavy (non-hydrogen) atoms. The number of hydrogen-bond acceptors (Lipinski definition) is 3. The Morgan fingerprint density at radius 3 is 2.57 bits per heavy atom. The van der Waals surface area contributed by atoms with E-state index >= 15 is 0 Å². The van der Waals surface area contributed by atoms with E-state index in [9.17, 15) is 14.7 Å². The van der Waals surface area contributed by atoms with Gasteiger partial charge in [0, 0.05) is 17.5 Å². The lowest BCUT2D eigenvalue weighted by Gasteiger charge is -2.23. The Kier molecular flexibility index (Phi) is 6.61. The molecule has 1 aromatic heterocycles. The Morgan fingerprint density at radius 2 is 2.10 bits per heavy atom. The van der Waals surface area contributed by atoms with Crippen LogP contribution in [0.4, 0.5) is 0 Å². The first-order valence-corrected chi connectivity index (χ1v) is 8.22. The fraction of sp³-hybridized carbons (Fsp3) is 0.467. The second kappa shape index (κ2) is 7.75. The number of thiophene rings is 1. The Bertz CT molecular complexity index is 531. The van der Waals surface area contributed by atoms with E-state index in [4.69, 9.17) is 0 Å². The van der Waals surface area contributed by atoms with Gasteiger partial charge in [0.2, 0.25) is 5.91 Å². The third-order valence-electron chi connectivity index (χ3n) is 2.72. The monoisotopic (exact) mass is 373 g/mol. The fourth-order valence-corrected chi connectivity index (χ4v) is 3.17. The zero-order valence-corrected chi connectivity index (χ0v) is 14.8. The molecule has 2 N–H and O–H groups in total. The maximum absolute atomic E-state index is 11.7. The fourth-order valence-electron chi connectivity index (χ4n) is 1.84. The lowest BCUT2D eigenvalue weighted by molar-refractivity contribution is -0.142. The minimum Gasteiger partial charge on any atom is -0.481 e. The normalized spacial score (nSPS) is 13.3. The summed E-state index contributed by atoms with van der Waals surface area (Å²) in [6.07, 6.45) is 3.66. The van der Waals surface area contributed by atoms with Crippen LogP contribution in [-0.2, 0) is 9.59 Å². The van der Waals surface area contributed by atoms with Gasteiger partial charge in [0.15, 0.2) is 0 Å². The number of halogens is 1. The van der Waals surface area contributed by atoms with Gasteiger partial charge in [0.05, 0.1) is 9.70 Å². The third-order valence-corrected chi connectivity index (χ3v) is 4.31. The second-order valence-corrected chi connectivity index (χ2v) is 8.51. The SMILES string of the molecule is CC(C)(C)CC(CNC(=O)/C=C/c1ccc(Br)s1)C(=O)O. The molecule has 1 rings (SSSR count). The van der Waals surface area contributed by atoms with Gasteiger partial charge in [-0.3, -0.25) is 9.59 Å². The van der Waals surface area contributed by atoms with Crippen molar-refractivity contribution in [3.63, 3.8) is 0 Å². The molecule has 0 aliphatic carbocycles. The zero-order chi connectivity index (χ0) is 16.0. The highest BCUT2D eigenvalue weighted by molar-refractivity contribution is 9.11. The van der Waals surface area contributed by atoms with Gasteiger partial charge >= 0.3 is 5.97 Å². The van der Waals surface area contributed by atoms with Gasteiger partial charge in [-0.05, 0) is 46.0 Å². The Balaban J connectivity index is 2.50. The quantitative estimate of drug-likeness (QED) is 0.745. The molecule has 4 nitrogen and oxygen atoms in total. The van der Waals surface area contributed by atoms with Crippen molar-refractivity contribution in [3.8, 4) is 0 Å². The Hall–Kier alpha value is -1.14. The van der Waals surface area contributed by atoms with Crippen LogP contribution in [-0.4, -0.2) is 23.5 Å². The summed E-state index contributed by atoms with van der Waals surface area (Å²) in [6.45, 7) is 6.10. The number of carboxylic acids is 1. The summed E-state index contributed by atoms with van der Waals surface area (Å²) >= 11 is 4.87. The van der Waals surface area contributed by atoms with Gasteiger partial charge in [-0.25, -0.2) is 0 Å². The maximum atomic E-state index is 11.7. The number of amides is 1. The van der Waals surface area contributed by atoms with Gasteiger partial charge in [-0.2, -0.15) is 0 Å². The smallest absolute Gasteiger partial charge is 0.308 e. The molecule has 0 aliphatic heterocycles. The second-order valence-electron chi connectivity index (χ2n) is 6.02. The van der Waals surface area contributed by atoms with Crippen LogP contribution in [0.25, 0.3) is 6.08 Å². The largest absolute Gasteiger partial charge is 0.481 e. The highest BCUT2D eigenvalue weighted by Crippen LogP contribution is 2.24. The maximum Gasteiger partial charge on any atom is 0.308 e. The summed E-state index contributed by atoms with van der Waals surface area (Å²) in [5.41, 5.74) is -0.0904. The van der Waals surface area contributed by atoms with Gasteiger partial charge in [-0.1, -0.05) is 20.8 Å². The number of rotatable bonds is 6. The van der Waals surface area contributed by atoms with Crippen LogP contribution in [0.5, 0.6) is 0 Å². The van der Waals surface area contributed by atoms with Crippen molar-refractivity contribution >= 4 is 45.2 Å². The van der Waals surface area contributed by atoms with Gasteiger partial charge in [-0.15, -0.1) is 11.3 Å². The van der Waals surface area contributed by atoms with Crippen LogP contribution in [0.3, 0.4) is 0 Å². The topological polar surface area (TPSA) is 66.4 Å². The van der Waals surface area contributed by atoms with E-state index in [1.165, 1.54) is 17.4 Å². The first kappa shape index (κ1) is 17.9. The van der Waals surface area contributed by atoms with Crippen LogP contribution in [0.15, 0.2) is 22.0 Å². The molecular weight excluding hydrogens is 354 g/mol. The zero-order valence-electron chi connectivity index (χ0n) is 12.4. The van der Waals surface area contributed by atoms with Crippen molar-refractivity contribution < 1.29 is 14.7 Å². The number of carboxylic acid groups (broad SMARTS) is 1. The van der Waals surface area contributed by atoms with E-state index in [1.807, 2.05) is 32.9 Å². The van der Waals surface area contributed by atoms with E-state index in [0.29, 0.717) is 6.42 Å². The van der Waals surface area contributed by atoms with Crippen molar-refractivity contribution in [1.29, 1.82) is 0 Å². The third kappa shape index (κ3) is 7.43. The Morgan fingerprint density at radius 1 is 1.43 bits per heavy atom. The first-order chi connectivity index (χ1) is 9.67. The van der Waals surface area contributed by atoms with E-state index in [-0.39, 0.29) is 17.9 Å². The molecule has 0 spiro atoms. The molecule has 1 atom stereocenters. The van der Waals surface area contributed by atoms with Gasteiger partial charge in [0.1, 0.15) is 0 Å². The van der Waals surface area contributed by atoms with Gasteiger partial charge < -0.3 is 10.4 Å². The van der Waals surface area contributed by atoms with E-state index in [0.717, 1.165) is 8.66 Å². The Labute approximate surface area is 137 Å². The van der Waals surface area contributed by atoms with E-state index in [2.05, 4.69) is 21.2 Å². The van der Waals surface area contributed by atoms with Crippen molar-refractivity contribution in [3.05, 3.63) is 26.9 Å². The number of carbonyl (C=O) groups excluding carboxylic acids is 1. The van der Waals surface area contributed by atoms with Crippen LogP contribution in [0.1, 0.15) is 32.1 Å². The molecule has 0 saturated carbocycles. The lowest BCUT2D eigenvalue weighted by Crippen LogP contribution is -2.34. The molecule has 1 aromatic rings. The average Bonchev–Trinajstić information content (AvgIpc) is 2.76. The molecule has 0 aromatic carbocycles. The van der Waals surface area contributed by atoms with Crippen LogP contribution >= 0.6 is 27.3 Å². The molecule has 1 heterocycles. The molecule has 0 fully saturated rings. The molecule has 1 unspecified atom stereocenters. The minimum atomic E-state index is -0.878. The summed E-state index contributed by atoms with van der Waals surface area (Å²) in [7, 11) is 0. The summed E-state index contributed by atoms with van der Waals surface area (Å²) in [4.78, 5) is 23.9.